The molecule has 3 aromatic carbocycles. The van der Waals surface area contributed by atoms with Gasteiger partial charge >= 0.3 is 12.1 Å². The molecule has 1 aliphatic heterocycles. The van der Waals surface area contributed by atoms with Gasteiger partial charge in [-0.2, -0.15) is 13.2 Å². The van der Waals surface area contributed by atoms with Crippen LogP contribution in [0.3, 0.4) is 0 Å². The molecule has 0 unspecified atom stereocenters. The molecule has 0 atom stereocenters. The number of aliphatic carboxylic acids is 1. The number of amides is 1. The molecule has 0 radical (unpaired) electrons. The van der Waals surface area contributed by atoms with E-state index in [-0.39, 0.29) is 10.8 Å². The summed E-state index contributed by atoms with van der Waals surface area (Å²) in [5, 5.41) is 13.4. The summed E-state index contributed by atoms with van der Waals surface area (Å²) in [4.78, 5) is 24.5. The topological polar surface area (TPSA) is 128 Å². The third kappa shape index (κ3) is 8.95. The quantitative estimate of drug-likeness (QED) is 0.326. The summed E-state index contributed by atoms with van der Waals surface area (Å²) in [6, 6.07) is 19.9. The maximum Gasteiger partial charge on any atom is 0.490 e. The number of hydrogen-bond donors (Lipinski definition) is 4. The zero-order valence-corrected chi connectivity index (χ0v) is 23.3. The average Bonchev–Trinajstić information content (AvgIpc) is 2.94. The summed E-state index contributed by atoms with van der Waals surface area (Å²) >= 11 is 0. The van der Waals surface area contributed by atoms with E-state index in [0.717, 1.165) is 48.6 Å². The van der Waals surface area contributed by atoms with Crippen LogP contribution in [0.5, 0.6) is 0 Å². The molecular formula is C28H31F3N4O5S. The summed E-state index contributed by atoms with van der Waals surface area (Å²) in [6.45, 7) is 7.40. The summed E-state index contributed by atoms with van der Waals surface area (Å²) < 4.78 is 60.4. The molecule has 4 N–H and O–H groups in total. The molecule has 4 rings (SSSR count). The molecule has 0 saturated carbocycles. The van der Waals surface area contributed by atoms with Crippen molar-refractivity contribution in [2.24, 2.45) is 0 Å². The SMILES string of the molecule is Cc1ccc(S(=O)(=O)Nc2ccc(N3CCNCC3)c(C(=O)NCc3ccccc3)c2)cc1C.O=C(O)C(F)(F)F. The lowest BCUT2D eigenvalue weighted by molar-refractivity contribution is -0.192. The predicted octanol–water partition coefficient (Wildman–Crippen LogP) is 4.08. The molecule has 0 bridgehead atoms. The fourth-order valence-electron chi connectivity index (χ4n) is 3.93. The first-order chi connectivity index (χ1) is 19.3. The number of carboxylic acid groups (broad SMARTS) is 1. The van der Waals surface area contributed by atoms with Gasteiger partial charge in [-0.15, -0.1) is 0 Å². The molecule has 3 aromatic rings. The van der Waals surface area contributed by atoms with Gasteiger partial charge in [-0.05, 0) is 60.9 Å². The van der Waals surface area contributed by atoms with Crippen molar-refractivity contribution in [3.05, 3.63) is 89.0 Å². The number of carbonyl (C=O) groups excluding carboxylic acids is 1. The van der Waals surface area contributed by atoms with E-state index in [0.29, 0.717) is 17.8 Å². The summed E-state index contributed by atoms with van der Waals surface area (Å²) in [5.74, 6) is -3.00. The largest absolute Gasteiger partial charge is 0.490 e. The number of nitrogens with zero attached hydrogens (tertiary/aromatic N) is 1. The van der Waals surface area contributed by atoms with Crippen LogP contribution in [0.1, 0.15) is 27.0 Å². The van der Waals surface area contributed by atoms with Crippen molar-refractivity contribution in [1.82, 2.24) is 10.6 Å². The molecule has 9 nitrogen and oxygen atoms in total. The standard InChI is InChI=1S/C26H30N4O3S.C2HF3O2/c1-19-8-10-23(16-20(19)2)34(32,33)29-22-9-11-25(30-14-12-27-13-15-30)24(17-22)26(31)28-18-21-6-4-3-5-7-21;3-2(4,5)1(6)7/h3-11,16-17,27,29H,12-15,18H2,1-2H3,(H,28,31);(H,6,7). The van der Waals surface area contributed by atoms with E-state index in [2.05, 4.69) is 20.3 Å². The van der Waals surface area contributed by atoms with Gasteiger partial charge in [0, 0.05) is 44.1 Å². The van der Waals surface area contributed by atoms with Crippen LogP contribution in [-0.2, 0) is 21.4 Å². The molecular weight excluding hydrogens is 561 g/mol. The zero-order chi connectivity index (χ0) is 30.2. The fraction of sp³-hybridized carbons (Fsp3) is 0.286. The highest BCUT2D eigenvalue weighted by Crippen LogP contribution is 2.27. The van der Waals surface area contributed by atoms with Crippen molar-refractivity contribution in [3.8, 4) is 0 Å². The Labute approximate surface area is 236 Å². The highest BCUT2D eigenvalue weighted by atomic mass is 32.2. The summed E-state index contributed by atoms with van der Waals surface area (Å²) in [7, 11) is -3.79. The first kappa shape index (κ1) is 31.4. The number of carboxylic acids is 1. The van der Waals surface area contributed by atoms with Gasteiger partial charge in [0.2, 0.25) is 0 Å². The van der Waals surface area contributed by atoms with Crippen LogP contribution in [0.4, 0.5) is 24.5 Å². The minimum Gasteiger partial charge on any atom is -0.475 e. The van der Waals surface area contributed by atoms with Gasteiger partial charge in [0.05, 0.1) is 10.5 Å². The predicted molar refractivity (Wildman–Crippen MR) is 150 cm³/mol. The van der Waals surface area contributed by atoms with Crippen molar-refractivity contribution in [3.63, 3.8) is 0 Å². The van der Waals surface area contributed by atoms with Crippen LogP contribution in [-0.4, -0.2) is 57.8 Å². The van der Waals surface area contributed by atoms with Crippen molar-refractivity contribution >= 4 is 33.3 Å². The van der Waals surface area contributed by atoms with E-state index in [1.54, 1.807) is 30.3 Å². The smallest absolute Gasteiger partial charge is 0.475 e. The Bertz CT molecular complexity index is 1480. The lowest BCUT2D eigenvalue weighted by Gasteiger charge is -2.31. The van der Waals surface area contributed by atoms with Crippen molar-refractivity contribution in [1.29, 1.82) is 0 Å². The van der Waals surface area contributed by atoms with E-state index in [1.807, 2.05) is 50.2 Å². The van der Waals surface area contributed by atoms with E-state index >= 15 is 0 Å². The van der Waals surface area contributed by atoms with Crippen LogP contribution >= 0.6 is 0 Å². The maximum atomic E-state index is 13.2. The normalized spacial score (nSPS) is 13.5. The van der Waals surface area contributed by atoms with Gasteiger partial charge in [0.15, 0.2) is 0 Å². The van der Waals surface area contributed by atoms with Crippen molar-refractivity contribution in [2.75, 3.05) is 35.8 Å². The average molecular weight is 593 g/mol. The third-order valence-corrected chi connectivity index (χ3v) is 7.66. The van der Waals surface area contributed by atoms with Crippen molar-refractivity contribution in [2.45, 2.75) is 31.5 Å². The second-order valence-corrected chi connectivity index (χ2v) is 11.0. The second kappa shape index (κ2) is 13.5. The number of alkyl halides is 3. The van der Waals surface area contributed by atoms with Crippen LogP contribution in [0.15, 0.2) is 71.6 Å². The number of benzene rings is 3. The fourth-order valence-corrected chi connectivity index (χ4v) is 5.07. The molecule has 1 aliphatic rings. The minimum absolute atomic E-state index is 0.192. The molecule has 1 fully saturated rings. The Morgan fingerprint density at radius 1 is 0.951 bits per heavy atom. The first-order valence-electron chi connectivity index (χ1n) is 12.6. The van der Waals surface area contributed by atoms with E-state index < -0.39 is 22.2 Å². The van der Waals surface area contributed by atoms with Gasteiger partial charge < -0.3 is 20.6 Å². The van der Waals surface area contributed by atoms with E-state index in [4.69, 9.17) is 9.90 Å². The van der Waals surface area contributed by atoms with Gasteiger partial charge in [0.25, 0.3) is 15.9 Å². The number of carbonyl (C=O) groups is 2. The first-order valence-corrected chi connectivity index (χ1v) is 14.1. The molecule has 41 heavy (non-hydrogen) atoms. The molecule has 1 saturated heterocycles. The maximum absolute atomic E-state index is 13.2. The van der Waals surface area contributed by atoms with Crippen molar-refractivity contribution < 1.29 is 36.3 Å². The number of hydrogen-bond acceptors (Lipinski definition) is 6. The van der Waals surface area contributed by atoms with Gasteiger partial charge in [-0.1, -0.05) is 36.4 Å². The summed E-state index contributed by atoms with van der Waals surface area (Å²) in [6.07, 6.45) is -5.08. The van der Waals surface area contributed by atoms with Crippen LogP contribution in [0.2, 0.25) is 0 Å². The van der Waals surface area contributed by atoms with Gasteiger partial charge in [0.1, 0.15) is 0 Å². The number of halogens is 3. The minimum atomic E-state index is -5.08. The zero-order valence-electron chi connectivity index (χ0n) is 22.5. The molecule has 13 heteroatoms. The number of anilines is 2. The number of nitrogens with one attached hydrogen (secondary N) is 3. The lowest BCUT2D eigenvalue weighted by atomic mass is 10.1. The van der Waals surface area contributed by atoms with E-state index in [1.165, 1.54) is 0 Å². The van der Waals surface area contributed by atoms with Crippen LogP contribution < -0.4 is 20.3 Å². The van der Waals surface area contributed by atoms with E-state index in [9.17, 15) is 26.4 Å². The Morgan fingerprint density at radius 3 is 2.17 bits per heavy atom. The molecule has 1 amide bonds. The monoisotopic (exact) mass is 592 g/mol. The Morgan fingerprint density at radius 2 is 1.59 bits per heavy atom. The number of rotatable bonds is 7. The number of piperazine rings is 1. The van der Waals surface area contributed by atoms with Crippen LogP contribution in [0.25, 0.3) is 0 Å². The second-order valence-electron chi connectivity index (χ2n) is 9.29. The highest BCUT2D eigenvalue weighted by Gasteiger charge is 2.38. The molecule has 220 valence electrons. The summed E-state index contributed by atoms with van der Waals surface area (Å²) in [5.41, 5.74) is 4.50. The molecule has 0 spiro atoms. The third-order valence-electron chi connectivity index (χ3n) is 6.28. The van der Waals surface area contributed by atoms with Crippen LogP contribution in [0, 0.1) is 13.8 Å². The highest BCUT2D eigenvalue weighted by molar-refractivity contribution is 7.92. The molecule has 1 heterocycles. The molecule has 0 aliphatic carbocycles. The lowest BCUT2D eigenvalue weighted by Crippen LogP contribution is -2.44. The van der Waals surface area contributed by atoms with Gasteiger partial charge in [-0.25, -0.2) is 13.2 Å². The van der Waals surface area contributed by atoms with Gasteiger partial charge in [-0.3, -0.25) is 9.52 Å². The Kier molecular flexibility index (Phi) is 10.4. The Hall–Kier alpha value is -4.10. The number of sulfonamides is 1. The molecule has 0 aromatic heterocycles. The Balaban J connectivity index is 0.000000587. The number of aryl methyl sites for hydroxylation is 2.